The van der Waals surface area contributed by atoms with Gasteiger partial charge in [-0.3, -0.25) is 0 Å². The molecular formula is C19H40S4. The van der Waals surface area contributed by atoms with Crippen LogP contribution in [0.25, 0.3) is 0 Å². The molecule has 0 rings (SSSR count). The Morgan fingerprint density at radius 3 is 0.957 bits per heavy atom. The highest BCUT2D eigenvalue weighted by Crippen LogP contribution is 2.37. The molecule has 4 heteroatoms. The molecule has 0 aromatic rings. The fourth-order valence-corrected chi connectivity index (χ4v) is 8.56. The minimum Gasteiger partial charge on any atom is -0.148 e. The van der Waals surface area contributed by atoms with Crippen molar-refractivity contribution in [1.29, 1.82) is 0 Å². The molecule has 0 N–H and O–H groups in total. The lowest BCUT2D eigenvalue weighted by atomic mass is 10.4. The van der Waals surface area contributed by atoms with Crippen molar-refractivity contribution in [3.63, 3.8) is 0 Å². The molecular weight excluding hydrogens is 356 g/mol. The molecule has 0 saturated heterocycles. The van der Waals surface area contributed by atoms with Crippen LogP contribution >= 0.6 is 47.0 Å². The average molecular weight is 397 g/mol. The molecule has 0 radical (unpaired) electrons. The zero-order chi connectivity index (χ0) is 17.2. The van der Waals surface area contributed by atoms with E-state index in [-0.39, 0.29) is 0 Å². The first kappa shape index (κ1) is 24.4. The average Bonchev–Trinajstić information content (AvgIpc) is 2.55. The molecule has 0 nitrogen and oxygen atoms in total. The van der Waals surface area contributed by atoms with Crippen molar-refractivity contribution in [3.05, 3.63) is 0 Å². The molecule has 0 aliphatic heterocycles. The van der Waals surface area contributed by atoms with Gasteiger partial charge in [-0.25, -0.2) is 0 Å². The lowest BCUT2D eigenvalue weighted by Crippen LogP contribution is -2.10. The molecule has 0 bridgehead atoms. The molecule has 0 saturated carbocycles. The maximum Gasteiger partial charge on any atom is 0.0521 e. The molecule has 0 unspecified atom stereocenters. The highest BCUT2D eigenvalue weighted by Gasteiger charge is 2.18. The summed E-state index contributed by atoms with van der Waals surface area (Å²) in [5.74, 6) is 5.41. The van der Waals surface area contributed by atoms with Gasteiger partial charge in [0.25, 0.3) is 0 Å². The van der Waals surface area contributed by atoms with Crippen molar-refractivity contribution >= 4 is 47.0 Å². The quantitative estimate of drug-likeness (QED) is 0.169. The largest absolute Gasteiger partial charge is 0.148 e. The molecule has 0 aliphatic rings. The van der Waals surface area contributed by atoms with E-state index >= 15 is 0 Å². The number of thioether (sulfide) groups is 4. The highest BCUT2D eigenvalue weighted by atomic mass is 32.2. The molecule has 0 atom stereocenters. The van der Waals surface area contributed by atoms with Crippen LogP contribution in [0.3, 0.4) is 0 Å². The summed E-state index contributed by atoms with van der Waals surface area (Å²) < 4.78 is 1.64. The second-order valence-electron chi connectivity index (χ2n) is 5.99. The summed E-state index contributed by atoms with van der Waals surface area (Å²) >= 11 is 8.96. The Morgan fingerprint density at radius 1 is 0.478 bits per heavy atom. The predicted molar refractivity (Wildman–Crippen MR) is 122 cm³/mol. The van der Waals surface area contributed by atoms with Gasteiger partial charge in [0.15, 0.2) is 0 Å². The zero-order valence-corrected chi connectivity index (χ0v) is 19.2. The van der Waals surface area contributed by atoms with Crippen molar-refractivity contribution < 1.29 is 0 Å². The number of rotatable bonds is 18. The van der Waals surface area contributed by atoms with E-state index in [2.05, 4.69) is 74.7 Å². The Hall–Kier alpha value is 1.40. The monoisotopic (exact) mass is 396 g/mol. The number of hydrogen-bond acceptors (Lipinski definition) is 4. The molecule has 0 aromatic carbocycles. The Bertz CT molecular complexity index is 181. The lowest BCUT2D eigenvalue weighted by molar-refractivity contribution is 0.880. The summed E-state index contributed by atoms with van der Waals surface area (Å²) in [6.07, 6.45) is 12.2. The molecule has 0 spiro atoms. The van der Waals surface area contributed by atoms with E-state index in [4.69, 9.17) is 0 Å². The SMILES string of the molecule is CCCCSC(CC(SCCCC)SCCCC)SCCCC. The first-order valence-electron chi connectivity index (χ1n) is 9.74. The first-order valence-corrected chi connectivity index (χ1v) is 13.9. The molecule has 0 aromatic heterocycles. The van der Waals surface area contributed by atoms with E-state index in [1.807, 2.05) is 0 Å². The van der Waals surface area contributed by atoms with Crippen LogP contribution in [0.2, 0.25) is 0 Å². The second kappa shape index (κ2) is 19.7. The minimum atomic E-state index is 0.821. The summed E-state index contributed by atoms with van der Waals surface area (Å²) in [5.41, 5.74) is 0. The summed E-state index contributed by atoms with van der Waals surface area (Å²) in [5, 5.41) is 0. The Morgan fingerprint density at radius 2 is 0.739 bits per heavy atom. The second-order valence-corrected chi connectivity index (χ2v) is 11.8. The summed E-state index contributed by atoms with van der Waals surface area (Å²) in [6.45, 7) is 9.24. The zero-order valence-electron chi connectivity index (χ0n) is 16.0. The van der Waals surface area contributed by atoms with Crippen LogP contribution in [0.4, 0.5) is 0 Å². The number of unbranched alkanes of at least 4 members (excludes halogenated alkanes) is 4. The number of hydrogen-bond donors (Lipinski definition) is 0. The van der Waals surface area contributed by atoms with E-state index in [1.165, 1.54) is 80.8 Å². The van der Waals surface area contributed by atoms with Gasteiger partial charge in [0.05, 0.1) is 9.16 Å². The predicted octanol–water partition coefficient (Wildman–Crippen LogP) is 8.16. The van der Waals surface area contributed by atoms with E-state index in [1.54, 1.807) is 0 Å². The van der Waals surface area contributed by atoms with Gasteiger partial charge in [-0.1, -0.05) is 53.4 Å². The summed E-state index contributed by atoms with van der Waals surface area (Å²) in [6, 6.07) is 0. The van der Waals surface area contributed by atoms with E-state index in [0.29, 0.717) is 0 Å². The van der Waals surface area contributed by atoms with E-state index in [0.717, 1.165) is 9.16 Å². The molecule has 0 fully saturated rings. The third-order valence-corrected chi connectivity index (χ3v) is 9.58. The van der Waals surface area contributed by atoms with Crippen LogP contribution in [0.5, 0.6) is 0 Å². The summed E-state index contributed by atoms with van der Waals surface area (Å²) in [7, 11) is 0. The van der Waals surface area contributed by atoms with Gasteiger partial charge >= 0.3 is 0 Å². The van der Waals surface area contributed by atoms with Gasteiger partial charge in [-0.2, -0.15) is 0 Å². The van der Waals surface area contributed by atoms with Gasteiger partial charge in [0, 0.05) is 0 Å². The first-order chi connectivity index (χ1) is 11.3. The van der Waals surface area contributed by atoms with Crippen LogP contribution in [-0.2, 0) is 0 Å². The van der Waals surface area contributed by atoms with Crippen LogP contribution in [0.1, 0.15) is 85.5 Å². The fraction of sp³-hybridized carbons (Fsp3) is 1.00. The fourth-order valence-electron chi connectivity index (χ4n) is 1.96. The molecule has 0 aliphatic carbocycles. The minimum absolute atomic E-state index is 0.821. The van der Waals surface area contributed by atoms with Gasteiger partial charge in [-0.15, -0.1) is 47.0 Å². The molecule has 23 heavy (non-hydrogen) atoms. The van der Waals surface area contributed by atoms with Crippen molar-refractivity contribution in [2.24, 2.45) is 0 Å². The van der Waals surface area contributed by atoms with Gasteiger partial charge in [0.1, 0.15) is 0 Å². The van der Waals surface area contributed by atoms with Gasteiger partial charge < -0.3 is 0 Å². The van der Waals surface area contributed by atoms with Crippen molar-refractivity contribution in [1.82, 2.24) is 0 Å². The van der Waals surface area contributed by atoms with Crippen molar-refractivity contribution in [2.75, 3.05) is 23.0 Å². The van der Waals surface area contributed by atoms with Crippen LogP contribution in [0.15, 0.2) is 0 Å². The van der Waals surface area contributed by atoms with Crippen LogP contribution in [0, 0.1) is 0 Å². The standard InChI is InChI=1S/C19H40S4/c1-5-9-13-20-18(21-14-10-6-2)17-19(22-15-11-7-3)23-16-12-8-4/h18-19H,5-17H2,1-4H3. The Balaban J connectivity index is 4.31. The maximum atomic E-state index is 2.31. The third kappa shape index (κ3) is 16.6. The maximum absolute atomic E-state index is 2.31. The van der Waals surface area contributed by atoms with E-state index < -0.39 is 0 Å². The van der Waals surface area contributed by atoms with E-state index in [9.17, 15) is 0 Å². The Labute approximate surface area is 164 Å². The molecule has 0 amide bonds. The lowest BCUT2D eigenvalue weighted by Gasteiger charge is -2.23. The molecule has 140 valence electrons. The highest BCUT2D eigenvalue weighted by molar-refractivity contribution is 8.18. The summed E-state index contributed by atoms with van der Waals surface area (Å²) in [4.78, 5) is 0. The van der Waals surface area contributed by atoms with Gasteiger partial charge in [-0.05, 0) is 55.1 Å². The third-order valence-electron chi connectivity index (χ3n) is 3.59. The van der Waals surface area contributed by atoms with Crippen molar-refractivity contribution in [3.8, 4) is 0 Å². The van der Waals surface area contributed by atoms with Crippen LogP contribution < -0.4 is 0 Å². The van der Waals surface area contributed by atoms with Crippen LogP contribution in [-0.4, -0.2) is 32.2 Å². The topological polar surface area (TPSA) is 0 Å². The Kier molecular flexibility index (Phi) is 20.9. The molecule has 0 heterocycles. The van der Waals surface area contributed by atoms with Gasteiger partial charge in [0.2, 0.25) is 0 Å². The normalized spacial score (nSPS) is 11.7. The van der Waals surface area contributed by atoms with Crippen molar-refractivity contribution in [2.45, 2.75) is 94.6 Å². The smallest absolute Gasteiger partial charge is 0.0521 e.